The van der Waals surface area contributed by atoms with Gasteiger partial charge in [0, 0.05) is 12.1 Å². The minimum Gasteiger partial charge on any atom is -0.492 e. The van der Waals surface area contributed by atoms with Gasteiger partial charge in [0.1, 0.15) is 0 Å². The largest absolute Gasteiger partial charge is 0.492 e. The molecule has 94 valence electrons. The fourth-order valence-electron chi connectivity index (χ4n) is 1.54. The van der Waals surface area contributed by atoms with Crippen LogP contribution in [-0.4, -0.2) is 32.2 Å². The number of carbonyl (C=O) groups is 1. The van der Waals surface area contributed by atoms with Gasteiger partial charge in [-0.05, 0) is 6.07 Å². The molecule has 0 radical (unpaired) electrons. The number of aliphatic hydroxyl groups is 1. The van der Waals surface area contributed by atoms with E-state index in [2.05, 4.69) is 0 Å². The summed E-state index contributed by atoms with van der Waals surface area (Å²) in [6.45, 7) is 0.0102. The van der Waals surface area contributed by atoms with Gasteiger partial charge in [-0.3, -0.25) is 4.79 Å². The molecule has 0 fully saturated rings. The number of ether oxygens (including phenoxy) is 2. The Balaban J connectivity index is 3.52. The Bertz CT molecular complexity index is 422. The first kappa shape index (κ1) is 13.8. The van der Waals surface area contributed by atoms with Crippen LogP contribution in [-0.2, 0) is 0 Å². The highest BCUT2D eigenvalue weighted by atomic mass is 35.5. The average Bonchev–Trinajstić information content (AvgIpc) is 2.36. The van der Waals surface area contributed by atoms with E-state index in [1.807, 2.05) is 0 Å². The first-order chi connectivity index (χ1) is 8.10. The van der Waals surface area contributed by atoms with Crippen LogP contribution in [0.3, 0.4) is 0 Å². The van der Waals surface area contributed by atoms with Gasteiger partial charge >= 0.3 is 0 Å². The van der Waals surface area contributed by atoms with Crippen LogP contribution in [0.2, 0.25) is 5.02 Å². The van der Waals surface area contributed by atoms with Gasteiger partial charge in [-0.1, -0.05) is 11.6 Å². The second-order valence-electron chi connectivity index (χ2n) is 3.30. The predicted octanol–water partition coefficient (Wildman–Crippen LogP) is 1.16. The molecule has 0 aliphatic rings. The van der Waals surface area contributed by atoms with E-state index in [9.17, 15) is 9.90 Å². The molecule has 0 saturated heterocycles. The summed E-state index contributed by atoms with van der Waals surface area (Å²) in [5.41, 5.74) is 5.95. The third-order valence-electron chi connectivity index (χ3n) is 2.36. The lowest BCUT2D eigenvalue weighted by atomic mass is 10.0. The zero-order chi connectivity index (χ0) is 13.0. The number of hydrogen-bond donors (Lipinski definition) is 2. The first-order valence-corrected chi connectivity index (χ1v) is 5.26. The smallest absolute Gasteiger partial charge is 0.173 e. The summed E-state index contributed by atoms with van der Waals surface area (Å²) in [6, 6.07) is 1.45. The molecule has 0 aromatic heterocycles. The monoisotopic (exact) mass is 259 g/mol. The SMILES string of the molecule is COc1c(C(O)CN)cc(Cl)c(C=O)c1OC. The fraction of sp³-hybridized carbons (Fsp3) is 0.364. The minimum atomic E-state index is -0.933. The Hall–Kier alpha value is -1.30. The number of nitrogens with two attached hydrogens (primary N) is 1. The number of halogens is 1. The molecule has 1 atom stereocenters. The fourth-order valence-corrected chi connectivity index (χ4v) is 1.79. The summed E-state index contributed by atoms with van der Waals surface area (Å²) in [7, 11) is 2.80. The lowest BCUT2D eigenvalue weighted by Crippen LogP contribution is -2.13. The van der Waals surface area contributed by atoms with Crippen LogP contribution in [0.15, 0.2) is 6.07 Å². The van der Waals surface area contributed by atoms with Crippen LogP contribution in [0.4, 0.5) is 0 Å². The third kappa shape index (κ3) is 2.52. The molecule has 5 nitrogen and oxygen atoms in total. The lowest BCUT2D eigenvalue weighted by molar-refractivity contribution is 0.111. The van der Waals surface area contributed by atoms with Gasteiger partial charge in [-0.15, -0.1) is 0 Å². The highest BCUT2D eigenvalue weighted by Gasteiger charge is 2.22. The van der Waals surface area contributed by atoms with E-state index < -0.39 is 6.10 Å². The van der Waals surface area contributed by atoms with E-state index in [0.717, 1.165) is 0 Å². The third-order valence-corrected chi connectivity index (χ3v) is 2.67. The molecular weight excluding hydrogens is 246 g/mol. The molecule has 3 N–H and O–H groups in total. The van der Waals surface area contributed by atoms with Crippen molar-refractivity contribution in [1.29, 1.82) is 0 Å². The summed E-state index contributed by atoms with van der Waals surface area (Å²) >= 11 is 5.92. The molecule has 6 heteroatoms. The van der Waals surface area contributed by atoms with E-state index in [1.54, 1.807) is 0 Å². The lowest BCUT2D eigenvalue weighted by Gasteiger charge is -2.18. The molecule has 0 saturated carbocycles. The van der Waals surface area contributed by atoms with Crippen LogP contribution in [0.25, 0.3) is 0 Å². The van der Waals surface area contributed by atoms with Crippen LogP contribution < -0.4 is 15.2 Å². The maximum absolute atomic E-state index is 10.9. The number of hydrogen-bond acceptors (Lipinski definition) is 5. The van der Waals surface area contributed by atoms with Crippen LogP contribution in [0.1, 0.15) is 22.0 Å². The number of rotatable bonds is 5. The summed E-state index contributed by atoms with van der Waals surface area (Å²) in [5, 5.41) is 9.92. The quantitative estimate of drug-likeness (QED) is 0.776. The number of aliphatic hydroxyl groups excluding tert-OH is 1. The van der Waals surface area contributed by atoms with Gasteiger partial charge in [0.25, 0.3) is 0 Å². The van der Waals surface area contributed by atoms with Gasteiger partial charge in [0.05, 0.1) is 30.9 Å². The zero-order valence-corrected chi connectivity index (χ0v) is 10.3. The number of aldehydes is 1. The van der Waals surface area contributed by atoms with E-state index in [1.165, 1.54) is 20.3 Å². The van der Waals surface area contributed by atoms with E-state index >= 15 is 0 Å². The van der Waals surface area contributed by atoms with E-state index in [0.29, 0.717) is 11.8 Å². The van der Waals surface area contributed by atoms with Crippen LogP contribution in [0.5, 0.6) is 11.5 Å². The van der Waals surface area contributed by atoms with Gasteiger partial charge < -0.3 is 20.3 Å². The van der Waals surface area contributed by atoms with Crippen molar-refractivity contribution in [3.8, 4) is 11.5 Å². The zero-order valence-electron chi connectivity index (χ0n) is 9.57. The van der Waals surface area contributed by atoms with Gasteiger partial charge in [0.2, 0.25) is 0 Å². The standard InChI is InChI=1S/C11H14ClNO4/c1-16-10-6(9(15)4-13)3-8(12)7(5-14)11(10)17-2/h3,5,9,15H,4,13H2,1-2H3. The molecule has 0 spiro atoms. The number of benzene rings is 1. The van der Waals surface area contributed by atoms with Gasteiger partial charge in [-0.2, -0.15) is 0 Å². The molecule has 1 unspecified atom stereocenters. The summed E-state index contributed by atoms with van der Waals surface area (Å²) in [5.74, 6) is 0.453. The molecule has 1 rings (SSSR count). The van der Waals surface area contributed by atoms with Crippen molar-refractivity contribution in [2.75, 3.05) is 20.8 Å². The Morgan fingerprint density at radius 1 is 1.47 bits per heavy atom. The summed E-state index contributed by atoms with van der Waals surface area (Å²) in [4.78, 5) is 10.9. The topological polar surface area (TPSA) is 81.8 Å². The van der Waals surface area contributed by atoms with E-state index in [4.69, 9.17) is 26.8 Å². The molecule has 0 heterocycles. The highest BCUT2D eigenvalue weighted by Crippen LogP contribution is 2.40. The molecule has 17 heavy (non-hydrogen) atoms. The van der Waals surface area contributed by atoms with Gasteiger partial charge in [0.15, 0.2) is 17.8 Å². The van der Waals surface area contributed by atoms with Gasteiger partial charge in [-0.25, -0.2) is 0 Å². The Kier molecular flexibility index (Phi) is 4.74. The summed E-state index contributed by atoms with van der Waals surface area (Å²) in [6.07, 6.45) is -0.362. The second-order valence-corrected chi connectivity index (χ2v) is 3.70. The maximum Gasteiger partial charge on any atom is 0.173 e. The van der Waals surface area contributed by atoms with Crippen molar-refractivity contribution >= 4 is 17.9 Å². The van der Waals surface area contributed by atoms with Crippen molar-refractivity contribution in [1.82, 2.24) is 0 Å². The molecule has 1 aromatic rings. The maximum atomic E-state index is 10.9. The predicted molar refractivity (Wildman–Crippen MR) is 64.0 cm³/mol. The van der Waals surface area contributed by atoms with Crippen molar-refractivity contribution in [3.63, 3.8) is 0 Å². The van der Waals surface area contributed by atoms with Crippen LogP contribution in [0, 0.1) is 0 Å². The molecule has 0 aliphatic carbocycles. The van der Waals surface area contributed by atoms with Crippen molar-refractivity contribution in [2.24, 2.45) is 5.73 Å². The Morgan fingerprint density at radius 3 is 2.47 bits per heavy atom. The summed E-state index contributed by atoms with van der Waals surface area (Å²) < 4.78 is 10.2. The van der Waals surface area contributed by atoms with E-state index in [-0.39, 0.29) is 28.6 Å². The molecule has 1 aromatic carbocycles. The van der Waals surface area contributed by atoms with Crippen molar-refractivity contribution in [3.05, 3.63) is 22.2 Å². The molecule has 0 aliphatic heterocycles. The second kappa shape index (κ2) is 5.86. The molecule has 0 bridgehead atoms. The van der Waals surface area contributed by atoms with Crippen LogP contribution >= 0.6 is 11.6 Å². The normalized spacial score (nSPS) is 12.1. The molecular formula is C11H14ClNO4. The average molecular weight is 260 g/mol. The number of carbonyl (C=O) groups excluding carboxylic acids is 1. The molecule has 0 amide bonds. The Labute approximate surface area is 104 Å². The number of methoxy groups -OCH3 is 2. The van der Waals surface area contributed by atoms with Crippen molar-refractivity contribution in [2.45, 2.75) is 6.10 Å². The Morgan fingerprint density at radius 2 is 2.06 bits per heavy atom. The first-order valence-electron chi connectivity index (χ1n) is 4.88. The minimum absolute atomic E-state index is 0.0102. The highest BCUT2D eigenvalue weighted by molar-refractivity contribution is 6.33. The van der Waals surface area contributed by atoms with Crippen molar-refractivity contribution < 1.29 is 19.4 Å².